The van der Waals surface area contributed by atoms with Crippen LogP contribution in [0.3, 0.4) is 0 Å². The van der Waals surface area contributed by atoms with Crippen LogP contribution in [0.2, 0.25) is 5.15 Å². The van der Waals surface area contributed by atoms with Crippen molar-refractivity contribution in [2.24, 2.45) is 0 Å². The maximum absolute atomic E-state index is 12.4. The van der Waals surface area contributed by atoms with E-state index in [9.17, 15) is 4.79 Å². The molecule has 0 bridgehead atoms. The van der Waals surface area contributed by atoms with Gasteiger partial charge in [0.05, 0.1) is 5.69 Å². The van der Waals surface area contributed by atoms with E-state index in [1.807, 2.05) is 47.5 Å². The quantitative estimate of drug-likeness (QED) is 0.812. The predicted molar refractivity (Wildman–Crippen MR) is 84.2 cm³/mol. The summed E-state index contributed by atoms with van der Waals surface area (Å²) in [5.74, 6) is 0.0365. The first kappa shape index (κ1) is 14.1. The fourth-order valence-electron chi connectivity index (χ4n) is 2.58. The van der Waals surface area contributed by atoms with Crippen LogP contribution in [0.25, 0.3) is 11.7 Å². The van der Waals surface area contributed by atoms with E-state index in [0.717, 1.165) is 24.2 Å². The van der Waals surface area contributed by atoms with Gasteiger partial charge in [0.15, 0.2) is 5.15 Å². The molecule has 3 rings (SSSR count). The monoisotopic (exact) mass is 303 g/mol. The smallest absolute Gasteiger partial charge is 0.247 e. The third-order valence-corrected chi connectivity index (χ3v) is 3.93. The molecule has 0 N–H and O–H groups in total. The average molecular weight is 304 g/mol. The third-order valence-electron chi connectivity index (χ3n) is 3.66. The number of nitrogens with zero attached hydrogens (tertiary/aromatic N) is 3. The van der Waals surface area contributed by atoms with Gasteiger partial charge in [0, 0.05) is 24.4 Å². The Morgan fingerprint density at radius 1 is 1.48 bits per heavy atom. The predicted octanol–water partition coefficient (Wildman–Crippen LogP) is 3.40. The molecule has 2 aromatic rings. The maximum atomic E-state index is 12.4. The third kappa shape index (κ3) is 2.81. The van der Waals surface area contributed by atoms with Gasteiger partial charge in [0.25, 0.3) is 0 Å². The second-order valence-electron chi connectivity index (χ2n) is 5.62. The molecule has 0 aromatic carbocycles. The summed E-state index contributed by atoms with van der Waals surface area (Å²) in [4.78, 5) is 18.6. The van der Waals surface area contributed by atoms with Crippen LogP contribution in [0.1, 0.15) is 32.4 Å². The highest BCUT2D eigenvalue weighted by Crippen LogP contribution is 2.29. The van der Waals surface area contributed by atoms with Gasteiger partial charge in [-0.25, -0.2) is 4.98 Å². The number of rotatable bonds is 4. The van der Waals surface area contributed by atoms with Gasteiger partial charge in [-0.3, -0.25) is 9.20 Å². The molecule has 1 aliphatic carbocycles. The van der Waals surface area contributed by atoms with Crippen molar-refractivity contribution in [1.29, 1.82) is 0 Å². The lowest BCUT2D eigenvalue weighted by molar-refractivity contribution is -0.128. The summed E-state index contributed by atoms with van der Waals surface area (Å²) in [6.07, 6.45) is 7.45. The molecular weight excluding hydrogens is 286 g/mol. The van der Waals surface area contributed by atoms with Crippen LogP contribution in [0.4, 0.5) is 0 Å². The van der Waals surface area contributed by atoms with Crippen molar-refractivity contribution in [2.45, 2.75) is 38.8 Å². The van der Waals surface area contributed by atoms with E-state index in [-0.39, 0.29) is 11.9 Å². The molecule has 0 saturated heterocycles. The van der Waals surface area contributed by atoms with Crippen molar-refractivity contribution in [3.8, 4) is 0 Å². The molecule has 0 unspecified atom stereocenters. The SMILES string of the molecule is CC(C)N(C(=O)/C=C/c1c(Cl)nc2ccccn12)C1CC1. The Bertz CT molecular complexity index is 699. The van der Waals surface area contributed by atoms with Gasteiger partial charge in [0.1, 0.15) is 5.65 Å². The van der Waals surface area contributed by atoms with E-state index in [1.54, 1.807) is 12.2 Å². The summed E-state index contributed by atoms with van der Waals surface area (Å²) < 4.78 is 1.88. The van der Waals surface area contributed by atoms with E-state index < -0.39 is 0 Å². The van der Waals surface area contributed by atoms with E-state index in [1.165, 1.54) is 0 Å². The molecule has 2 heterocycles. The average Bonchev–Trinajstić information content (AvgIpc) is 3.19. The Morgan fingerprint density at radius 3 is 2.90 bits per heavy atom. The van der Waals surface area contributed by atoms with Crippen molar-refractivity contribution >= 4 is 29.2 Å². The van der Waals surface area contributed by atoms with Gasteiger partial charge < -0.3 is 4.90 Å². The second kappa shape index (κ2) is 5.53. The van der Waals surface area contributed by atoms with Crippen LogP contribution in [-0.2, 0) is 4.79 Å². The Hall–Kier alpha value is -1.81. The molecule has 1 saturated carbocycles. The van der Waals surface area contributed by atoms with Crippen molar-refractivity contribution in [3.63, 3.8) is 0 Å². The number of aromatic nitrogens is 2. The molecule has 1 aliphatic rings. The minimum absolute atomic E-state index is 0.0365. The highest BCUT2D eigenvalue weighted by atomic mass is 35.5. The van der Waals surface area contributed by atoms with Crippen molar-refractivity contribution in [3.05, 3.63) is 41.3 Å². The summed E-state index contributed by atoms with van der Waals surface area (Å²) in [6.45, 7) is 4.09. The van der Waals surface area contributed by atoms with Crippen LogP contribution >= 0.6 is 11.6 Å². The number of pyridine rings is 1. The number of carbonyl (C=O) groups excluding carboxylic acids is 1. The number of hydrogen-bond donors (Lipinski definition) is 0. The van der Waals surface area contributed by atoms with Gasteiger partial charge in [-0.1, -0.05) is 17.7 Å². The molecule has 0 spiro atoms. The molecule has 0 atom stereocenters. The number of halogens is 1. The first-order valence-electron chi connectivity index (χ1n) is 7.21. The van der Waals surface area contributed by atoms with Gasteiger partial charge in [-0.05, 0) is 44.9 Å². The number of amides is 1. The summed E-state index contributed by atoms with van der Waals surface area (Å²) in [6, 6.07) is 6.32. The number of imidazole rings is 1. The molecule has 110 valence electrons. The normalized spacial score (nSPS) is 15.2. The number of fused-ring (bicyclic) bond motifs is 1. The van der Waals surface area contributed by atoms with Crippen LogP contribution < -0.4 is 0 Å². The van der Waals surface area contributed by atoms with Crippen molar-refractivity contribution in [2.75, 3.05) is 0 Å². The van der Waals surface area contributed by atoms with E-state index in [2.05, 4.69) is 4.98 Å². The molecule has 21 heavy (non-hydrogen) atoms. The minimum atomic E-state index is 0.0365. The molecule has 1 amide bonds. The lowest BCUT2D eigenvalue weighted by Crippen LogP contribution is -2.37. The highest BCUT2D eigenvalue weighted by molar-refractivity contribution is 6.31. The van der Waals surface area contributed by atoms with Crippen LogP contribution in [-0.4, -0.2) is 32.3 Å². The second-order valence-corrected chi connectivity index (χ2v) is 5.98. The minimum Gasteiger partial charge on any atom is -0.334 e. The van der Waals surface area contributed by atoms with Gasteiger partial charge in [0.2, 0.25) is 5.91 Å². The Morgan fingerprint density at radius 2 is 2.24 bits per heavy atom. The van der Waals surface area contributed by atoms with Crippen LogP contribution in [0.5, 0.6) is 0 Å². The first-order valence-corrected chi connectivity index (χ1v) is 7.58. The topological polar surface area (TPSA) is 37.6 Å². The van der Waals surface area contributed by atoms with E-state index in [4.69, 9.17) is 11.6 Å². The molecule has 1 fully saturated rings. The summed E-state index contributed by atoms with van der Waals surface area (Å²) in [5.41, 5.74) is 1.51. The van der Waals surface area contributed by atoms with Gasteiger partial charge in [-0.15, -0.1) is 0 Å². The molecule has 0 radical (unpaired) electrons. The summed E-state index contributed by atoms with van der Waals surface area (Å²) in [7, 11) is 0. The largest absolute Gasteiger partial charge is 0.334 e. The van der Waals surface area contributed by atoms with Crippen LogP contribution in [0.15, 0.2) is 30.5 Å². The highest BCUT2D eigenvalue weighted by Gasteiger charge is 2.33. The summed E-state index contributed by atoms with van der Waals surface area (Å²) >= 11 is 6.16. The van der Waals surface area contributed by atoms with Gasteiger partial charge >= 0.3 is 0 Å². The zero-order chi connectivity index (χ0) is 15.0. The first-order chi connectivity index (χ1) is 10.1. The molecule has 0 aliphatic heterocycles. The molecule has 2 aromatic heterocycles. The molecule has 5 heteroatoms. The van der Waals surface area contributed by atoms with Gasteiger partial charge in [-0.2, -0.15) is 0 Å². The fraction of sp³-hybridized carbons (Fsp3) is 0.375. The standard InChI is InChI=1S/C16H18ClN3O/c1-11(2)20(12-6-7-12)15(21)9-8-13-16(17)18-14-5-3-4-10-19(13)14/h3-5,8-12H,6-7H2,1-2H3/b9-8+. The Labute approximate surface area is 129 Å². The zero-order valence-electron chi connectivity index (χ0n) is 12.2. The van der Waals surface area contributed by atoms with Crippen molar-refractivity contribution in [1.82, 2.24) is 14.3 Å². The zero-order valence-corrected chi connectivity index (χ0v) is 12.9. The molecular formula is C16H18ClN3O. The van der Waals surface area contributed by atoms with Crippen LogP contribution in [0, 0.1) is 0 Å². The maximum Gasteiger partial charge on any atom is 0.247 e. The molecule has 4 nitrogen and oxygen atoms in total. The van der Waals surface area contributed by atoms with E-state index in [0.29, 0.717) is 11.2 Å². The lowest BCUT2D eigenvalue weighted by Gasteiger charge is -2.25. The lowest BCUT2D eigenvalue weighted by atomic mass is 10.2. The Kier molecular flexibility index (Phi) is 3.72. The van der Waals surface area contributed by atoms with E-state index >= 15 is 0 Å². The fourth-order valence-corrected chi connectivity index (χ4v) is 2.82. The summed E-state index contributed by atoms with van der Waals surface area (Å²) in [5, 5.41) is 0.410. The number of carbonyl (C=O) groups is 1. The number of hydrogen-bond acceptors (Lipinski definition) is 2. The van der Waals surface area contributed by atoms with Crippen molar-refractivity contribution < 1.29 is 4.79 Å². The Balaban J connectivity index is 1.87.